The fourth-order valence-electron chi connectivity index (χ4n) is 1.70. The number of benzene rings is 1. The Morgan fingerprint density at radius 1 is 1.42 bits per heavy atom. The van der Waals surface area contributed by atoms with E-state index < -0.39 is 9.05 Å². The number of hydrogen-bond acceptors (Lipinski definition) is 3. The molecule has 1 aromatic rings. The van der Waals surface area contributed by atoms with E-state index in [4.69, 9.17) is 10.7 Å². The summed E-state index contributed by atoms with van der Waals surface area (Å²) in [4.78, 5) is 12.0. The molecule has 4 nitrogen and oxygen atoms in total. The van der Waals surface area contributed by atoms with Crippen LogP contribution in [0.3, 0.4) is 0 Å². The van der Waals surface area contributed by atoms with Crippen LogP contribution < -0.4 is 5.32 Å². The van der Waals surface area contributed by atoms with Gasteiger partial charge < -0.3 is 5.32 Å². The first kappa shape index (κ1) is 14.8. The van der Waals surface area contributed by atoms with Crippen molar-refractivity contribution in [1.29, 1.82) is 0 Å². The maximum Gasteiger partial charge on any atom is 0.261 e. The lowest BCUT2D eigenvalue weighted by Gasteiger charge is -2.13. The molecule has 104 valence electrons. The Labute approximate surface area is 125 Å². The number of hydrogen-bond donors (Lipinski definition) is 1. The molecule has 1 aliphatic carbocycles. The highest BCUT2D eigenvalue weighted by molar-refractivity contribution is 9.10. The van der Waals surface area contributed by atoms with Gasteiger partial charge in [0.2, 0.25) is 0 Å². The molecule has 7 heteroatoms. The van der Waals surface area contributed by atoms with E-state index in [1.807, 2.05) is 6.92 Å². The Hall–Kier alpha value is -0.590. The third-order valence-electron chi connectivity index (χ3n) is 3.24. The summed E-state index contributed by atoms with van der Waals surface area (Å²) < 4.78 is 23.5. The highest BCUT2D eigenvalue weighted by Gasteiger charge is 2.39. The van der Waals surface area contributed by atoms with E-state index in [9.17, 15) is 13.2 Å². The van der Waals surface area contributed by atoms with Crippen LogP contribution in [-0.4, -0.2) is 19.9 Å². The second kappa shape index (κ2) is 4.75. The van der Waals surface area contributed by atoms with Crippen LogP contribution >= 0.6 is 26.6 Å². The van der Waals surface area contributed by atoms with Gasteiger partial charge in [0.15, 0.2) is 0 Å². The van der Waals surface area contributed by atoms with Crippen LogP contribution in [0, 0.1) is 6.92 Å². The summed E-state index contributed by atoms with van der Waals surface area (Å²) in [6, 6.07) is 2.91. The van der Waals surface area contributed by atoms with Gasteiger partial charge in [0.25, 0.3) is 15.0 Å². The molecule has 0 saturated heterocycles. The predicted octanol–water partition coefficient (Wildman–Crippen LogP) is 2.97. The Balaban J connectivity index is 2.42. The molecule has 19 heavy (non-hydrogen) atoms. The van der Waals surface area contributed by atoms with Crippen molar-refractivity contribution >= 4 is 41.6 Å². The van der Waals surface area contributed by atoms with E-state index in [0.717, 1.165) is 12.8 Å². The molecule has 1 N–H and O–H groups in total. The highest BCUT2D eigenvalue weighted by Crippen LogP contribution is 2.35. The summed E-state index contributed by atoms with van der Waals surface area (Å²) in [7, 11) is 1.50. The number of nitrogens with one attached hydrogen (secondary N) is 1. The average molecular weight is 367 g/mol. The minimum absolute atomic E-state index is 0.0466. The molecule has 0 aromatic heterocycles. The van der Waals surface area contributed by atoms with E-state index in [-0.39, 0.29) is 21.9 Å². The van der Waals surface area contributed by atoms with Crippen molar-refractivity contribution in [3.8, 4) is 0 Å². The zero-order chi connectivity index (χ0) is 14.4. The molecular formula is C12H13BrClNO3S. The summed E-state index contributed by atoms with van der Waals surface area (Å²) in [6.45, 7) is 3.58. The molecular weight excluding hydrogens is 354 g/mol. The average Bonchev–Trinajstić information content (AvgIpc) is 2.98. The van der Waals surface area contributed by atoms with E-state index in [2.05, 4.69) is 21.2 Å². The van der Waals surface area contributed by atoms with Crippen molar-refractivity contribution in [1.82, 2.24) is 5.32 Å². The number of rotatable bonds is 3. The Bertz CT molecular complexity index is 653. The van der Waals surface area contributed by atoms with E-state index in [1.165, 1.54) is 6.07 Å². The van der Waals surface area contributed by atoms with Crippen LogP contribution in [0.2, 0.25) is 0 Å². The second-order valence-corrected chi connectivity index (χ2v) is 8.42. The number of halogens is 2. The van der Waals surface area contributed by atoms with Gasteiger partial charge in [-0.3, -0.25) is 4.79 Å². The normalized spacial score (nSPS) is 17.1. The Morgan fingerprint density at radius 2 is 2.00 bits per heavy atom. The maximum atomic E-state index is 12.1. The molecule has 0 atom stereocenters. The van der Waals surface area contributed by atoms with Crippen LogP contribution in [0.5, 0.6) is 0 Å². The molecule has 0 bridgehead atoms. The quantitative estimate of drug-likeness (QED) is 0.837. The fraction of sp³-hybridized carbons (Fsp3) is 0.417. The zero-order valence-electron chi connectivity index (χ0n) is 10.5. The topological polar surface area (TPSA) is 63.2 Å². The smallest absolute Gasteiger partial charge is 0.261 e. The molecule has 2 rings (SSSR count). The van der Waals surface area contributed by atoms with Gasteiger partial charge in [-0.05, 0) is 44.4 Å². The van der Waals surface area contributed by atoms with Crippen molar-refractivity contribution in [3.05, 3.63) is 27.7 Å². The van der Waals surface area contributed by atoms with Crippen LogP contribution in [-0.2, 0) is 9.05 Å². The largest absolute Gasteiger partial charge is 0.347 e. The van der Waals surface area contributed by atoms with Crippen LogP contribution in [0.15, 0.2) is 21.5 Å². The summed E-state index contributed by atoms with van der Waals surface area (Å²) >= 11 is 3.25. The summed E-state index contributed by atoms with van der Waals surface area (Å²) in [5.41, 5.74) is 0.614. The first-order valence-electron chi connectivity index (χ1n) is 5.70. The first-order chi connectivity index (χ1) is 8.62. The maximum absolute atomic E-state index is 12.1. The van der Waals surface area contributed by atoms with Crippen molar-refractivity contribution in [2.45, 2.75) is 37.1 Å². The van der Waals surface area contributed by atoms with Gasteiger partial charge in [-0.2, -0.15) is 0 Å². The molecule has 0 spiro atoms. The molecule has 0 heterocycles. The first-order valence-corrected chi connectivity index (χ1v) is 8.80. The monoisotopic (exact) mass is 365 g/mol. The van der Waals surface area contributed by atoms with Gasteiger partial charge in [-0.25, -0.2) is 8.42 Å². The van der Waals surface area contributed by atoms with Gasteiger partial charge in [0.05, 0.1) is 4.90 Å². The van der Waals surface area contributed by atoms with E-state index >= 15 is 0 Å². The highest BCUT2D eigenvalue weighted by atomic mass is 79.9. The van der Waals surface area contributed by atoms with Gasteiger partial charge in [0, 0.05) is 26.3 Å². The summed E-state index contributed by atoms with van der Waals surface area (Å²) in [5, 5.41) is 2.87. The third-order valence-corrected chi connectivity index (χ3v) is 5.51. The molecule has 0 radical (unpaired) electrons. The lowest BCUT2D eigenvalue weighted by atomic mass is 10.1. The van der Waals surface area contributed by atoms with Crippen LogP contribution in [0.25, 0.3) is 0 Å². The van der Waals surface area contributed by atoms with Gasteiger partial charge in [-0.15, -0.1) is 0 Å². The van der Waals surface area contributed by atoms with Crippen molar-refractivity contribution in [2.75, 3.05) is 0 Å². The minimum Gasteiger partial charge on any atom is -0.347 e. The van der Waals surface area contributed by atoms with Crippen LogP contribution in [0.4, 0.5) is 0 Å². The molecule has 1 fully saturated rings. The van der Waals surface area contributed by atoms with Crippen molar-refractivity contribution in [3.63, 3.8) is 0 Å². The third kappa shape index (κ3) is 3.30. The predicted molar refractivity (Wildman–Crippen MR) is 77.0 cm³/mol. The minimum atomic E-state index is -3.88. The molecule has 1 amide bonds. The van der Waals surface area contributed by atoms with Crippen molar-refractivity contribution in [2.24, 2.45) is 0 Å². The van der Waals surface area contributed by atoms with E-state index in [0.29, 0.717) is 10.0 Å². The number of amides is 1. The standard InChI is InChI=1S/C12H13BrClNO3S/c1-7-9(13)5-8(6-10(7)19(14,17)18)11(16)15-12(2)3-4-12/h5-6H,3-4H2,1-2H3,(H,15,16). The molecule has 0 aliphatic heterocycles. The summed E-state index contributed by atoms with van der Waals surface area (Å²) in [6.07, 6.45) is 1.87. The van der Waals surface area contributed by atoms with Crippen LogP contribution in [0.1, 0.15) is 35.7 Å². The second-order valence-electron chi connectivity index (χ2n) is 5.03. The van der Waals surface area contributed by atoms with Crippen molar-refractivity contribution < 1.29 is 13.2 Å². The fourth-order valence-corrected chi connectivity index (χ4v) is 3.51. The van der Waals surface area contributed by atoms with Gasteiger partial charge in [0.1, 0.15) is 0 Å². The van der Waals surface area contributed by atoms with Gasteiger partial charge >= 0.3 is 0 Å². The molecule has 1 saturated carbocycles. The Morgan fingerprint density at radius 3 is 2.47 bits per heavy atom. The molecule has 1 aliphatic rings. The lowest BCUT2D eigenvalue weighted by Crippen LogP contribution is -2.34. The zero-order valence-corrected chi connectivity index (χ0v) is 13.6. The Kier molecular flexibility index (Phi) is 3.70. The SMILES string of the molecule is Cc1c(Br)cc(C(=O)NC2(C)CC2)cc1S(=O)(=O)Cl. The van der Waals surface area contributed by atoms with E-state index in [1.54, 1.807) is 13.0 Å². The molecule has 0 unspecified atom stereocenters. The summed E-state index contributed by atoms with van der Waals surface area (Å²) in [5.74, 6) is -0.290. The number of carbonyl (C=O) groups excluding carboxylic acids is 1. The molecule has 1 aromatic carbocycles. The number of carbonyl (C=O) groups is 1. The van der Waals surface area contributed by atoms with Gasteiger partial charge in [-0.1, -0.05) is 15.9 Å². The lowest BCUT2D eigenvalue weighted by molar-refractivity contribution is 0.0935.